The zero-order chi connectivity index (χ0) is 9.40. The monoisotopic (exact) mass is 173 g/mol. The van der Waals surface area contributed by atoms with E-state index in [-0.39, 0.29) is 5.91 Å². The van der Waals surface area contributed by atoms with Gasteiger partial charge in [0.25, 0.3) is 0 Å². The molecule has 0 radical (unpaired) electrons. The SMILES string of the molecule is CCCNN(CC)C(=O)CCN. The molecule has 3 N–H and O–H groups in total. The maximum Gasteiger partial charge on any atom is 0.237 e. The van der Waals surface area contributed by atoms with Crippen LogP contribution in [0.4, 0.5) is 0 Å². The summed E-state index contributed by atoms with van der Waals surface area (Å²) in [5.41, 5.74) is 8.31. The third-order valence-electron chi connectivity index (χ3n) is 1.53. The van der Waals surface area contributed by atoms with Crippen LogP contribution in [0.25, 0.3) is 0 Å². The average molecular weight is 173 g/mol. The summed E-state index contributed by atoms with van der Waals surface area (Å²) in [5, 5.41) is 1.62. The lowest BCUT2D eigenvalue weighted by atomic mass is 10.4. The molecule has 0 rings (SSSR count). The molecule has 4 nitrogen and oxygen atoms in total. The number of carbonyl (C=O) groups excluding carboxylic acids is 1. The number of amides is 1. The standard InChI is InChI=1S/C8H19N3O/c1-3-7-10-11(4-2)8(12)5-6-9/h10H,3-7,9H2,1-2H3. The van der Waals surface area contributed by atoms with E-state index in [1.165, 1.54) is 0 Å². The summed E-state index contributed by atoms with van der Waals surface area (Å²) in [7, 11) is 0. The van der Waals surface area contributed by atoms with E-state index >= 15 is 0 Å². The van der Waals surface area contributed by atoms with Crippen LogP contribution in [0.5, 0.6) is 0 Å². The first kappa shape index (κ1) is 11.4. The van der Waals surface area contributed by atoms with Crippen LogP contribution in [0.1, 0.15) is 26.7 Å². The molecule has 0 fully saturated rings. The lowest BCUT2D eigenvalue weighted by molar-refractivity contribution is -0.133. The van der Waals surface area contributed by atoms with Crippen molar-refractivity contribution < 1.29 is 4.79 Å². The zero-order valence-electron chi connectivity index (χ0n) is 7.97. The normalized spacial score (nSPS) is 9.92. The molecule has 72 valence electrons. The Hall–Kier alpha value is -0.610. The number of hydrazine groups is 1. The molecule has 4 heteroatoms. The van der Waals surface area contributed by atoms with Gasteiger partial charge in [-0.15, -0.1) is 0 Å². The summed E-state index contributed by atoms with van der Waals surface area (Å²) in [6.45, 7) is 5.96. The van der Waals surface area contributed by atoms with Crippen molar-refractivity contribution in [2.75, 3.05) is 19.6 Å². The van der Waals surface area contributed by atoms with Gasteiger partial charge < -0.3 is 5.73 Å². The van der Waals surface area contributed by atoms with Gasteiger partial charge in [-0.1, -0.05) is 6.92 Å². The van der Waals surface area contributed by atoms with Crippen molar-refractivity contribution in [2.45, 2.75) is 26.7 Å². The van der Waals surface area contributed by atoms with Gasteiger partial charge in [-0.05, 0) is 13.3 Å². The van der Waals surface area contributed by atoms with Crippen molar-refractivity contribution >= 4 is 5.91 Å². The van der Waals surface area contributed by atoms with Crippen LogP contribution in [0.2, 0.25) is 0 Å². The van der Waals surface area contributed by atoms with Crippen LogP contribution in [0, 0.1) is 0 Å². The highest BCUT2D eigenvalue weighted by Gasteiger charge is 2.08. The molecule has 12 heavy (non-hydrogen) atoms. The lowest BCUT2D eigenvalue weighted by Gasteiger charge is -2.21. The molecule has 0 aromatic carbocycles. The van der Waals surface area contributed by atoms with Crippen molar-refractivity contribution in [3.05, 3.63) is 0 Å². The fourth-order valence-electron chi connectivity index (χ4n) is 0.882. The molecule has 0 atom stereocenters. The van der Waals surface area contributed by atoms with Gasteiger partial charge in [-0.2, -0.15) is 0 Å². The van der Waals surface area contributed by atoms with Gasteiger partial charge in [0, 0.05) is 26.1 Å². The van der Waals surface area contributed by atoms with Crippen molar-refractivity contribution in [3.8, 4) is 0 Å². The molecule has 0 unspecified atom stereocenters. The predicted octanol–water partition coefficient (Wildman–Crippen LogP) is 0.0983. The van der Waals surface area contributed by atoms with E-state index in [9.17, 15) is 4.79 Å². The van der Waals surface area contributed by atoms with Crippen molar-refractivity contribution in [3.63, 3.8) is 0 Å². The molecule has 0 aliphatic rings. The largest absolute Gasteiger partial charge is 0.330 e. The second kappa shape index (κ2) is 7.06. The number of nitrogens with zero attached hydrogens (tertiary/aromatic N) is 1. The topological polar surface area (TPSA) is 58.4 Å². The number of carbonyl (C=O) groups is 1. The highest BCUT2D eigenvalue weighted by Crippen LogP contribution is 1.88. The third-order valence-corrected chi connectivity index (χ3v) is 1.53. The van der Waals surface area contributed by atoms with Crippen LogP contribution < -0.4 is 11.2 Å². The van der Waals surface area contributed by atoms with Crippen LogP contribution in [-0.4, -0.2) is 30.6 Å². The molecule has 0 saturated carbocycles. The smallest absolute Gasteiger partial charge is 0.237 e. The Morgan fingerprint density at radius 1 is 1.50 bits per heavy atom. The number of nitrogens with one attached hydrogen (secondary N) is 1. The van der Waals surface area contributed by atoms with Gasteiger partial charge in [0.15, 0.2) is 0 Å². The molecular weight excluding hydrogens is 154 g/mol. The van der Waals surface area contributed by atoms with E-state index in [2.05, 4.69) is 12.3 Å². The highest BCUT2D eigenvalue weighted by atomic mass is 16.2. The first-order valence-electron chi connectivity index (χ1n) is 4.50. The minimum absolute atomic E-state index is 0.0773. The van der Waals surface area contributed by atoms with E-state index in [0.29, 0.717) is 19.5 Å². The van der Waals surface area contributed by atoms with Crippen molar-refractivity contribution in [1.29, 1.82) is 0 Å². The molecular formula is C8H19N3O. The number of rotatable bonds is 6. The van der Waals surface area contributed by atoms with Crippen molar-refractivity contribution in [1.82, 2.24) is 10.4 Å². The second-order valence-corrected chi connectivity index (χ2v) is 2.58. The van der Waals surface area contributed by atoms with Crippen LogP contribution in [0.15, 0.2) is 0 Å². The average Bonchev–Trinajstić information content (AvgIpc) is 2.06. The number of hydrogen-bond donors (Lipinski definition) is 2. The van der Waals surface area contributed by atoms with E-state index < -0.39 is 0 Å². The molecule has 1 amide bonds. The highest BCUT2D eigenvalue weighted by molar-refractivity contribution is 5.75. The van der Waals surface area contributed by atoms with Gasteiger partial charge in [0.1, 0.15) is 0 Å². The van der Waals surface area contributed by atoms with E-state index in [1.807, 2.05) is 6.92 Å². The van der Waals surface area contributed by atoms with E-state index in [1.54, 1.807) is 5.01 Å². The summed E-state index contributed by atoms with van der Waals surface area (Å²) in [4.78, 5) is 11.3. The summed E-state index contributed by atoms with van der Waals surface area (Å²) >= 11 is 0. The molecule has 0 aliphatic carbocycles. The number of hydrogen-bond acceptors (Lipinski definition) is 3. The molecule has 0 bridgehead atoms. The first-order valence-corrected chi connectivity index (χ1v) is 4.50. The maximum atomic E-state index is 11.3. The zero-order valence-corrected chi connectivity index (χ0v) is 7.97. The molecule has 0 spiro atoms. The van der Waals surface area contributed by atoms with Gasteiger partial charge in [-0.3, -0.25) is 9.80 Å². The molecule has 0 heterocycles. The molecule has 0 aromatic heterocycles. The van der Waals surface area contributed by atoms with Crippen LogP contribution >= 0.6 is 0 Å². The van der Waals surface area contributed by atoms with Crippen molar-refractivity contribution in [2.24, 2.45) is 5.73 Å². The second-order valence-electron chi connectivity index (χ2n) is 2.58. The summed E-state index contributed by atoms with van der Waals surface area (Å²) in [6, 6.07) is 0. The van der Waals surface area contributed by atoms with E-state index in [0.717, 1.165) is 13.0 Å². The summed E-state index contributed by atoms with van der Waals surface area (Å²) < 4.78 is 0. The Bertz CT molecular complexity index is 127. The first-order chi connectivity index (χ1) is 5.76. The minimum Gasteiger partial charge on any atom is -0.330 e. The predicted molar refractivity (Wildman–Crippen MR) is 49.4 cm³/mol. The maximum absolute atomic E-state index is 11.3. The van der Waals surface area contributed by atoms with Gasteiger partial charge in [0.2, 0.25) is 5.91 Å². The van der Waals surface area contributed by atoms with Crippen LogP contribution in [-0.2, 0) is 4.79 Å². The Morgan fingerprint density at radius 3 is 2.58 bits per heavy atom. The fourth-order valence-corrected chi connectivity index (χ4v) is 0.882. The Labute approximate surface area is 74.1 Å². The quantitative estimate of drug-likeness (QED) is 0.560. The van der Waals surface area contributed by atoms with E-state index in [4.69, 9.17) is 5.73 Å². The van der Waals surface area contributed by atoms with Gasteiger partial charge in [0.05, 0.1) is 0 Å². The third kappa shape index (κ3) is 4.31. The molecule has 0 saturated heterocycles. The Morgan fingerprint density at radius 2 is 2.17 bits per heavy atom. The number of nitrogens with two attached hydrogens (primary N) is 1. The summed E-state index contributed by atoms with van der Waals surface area (Å²) in [6.07, 6.45) is 1.44. The lowest BCUT2D eigenvalue weighted by Crippen LogP contribution is -2.43. The summed E-state index contributed by atoms with van der Waals surface area (Å²) in [5.74, 6) is 0.0773. The fraction of sp³-hybridized carbons (Fsp3) is 0.875. The molecule has 0 aromatic rings. The Kier molecular flexibility index (Phi) is 6.70. The minimum atomic E-state index is 0.0773. The Balaban J connectivity index is 3.71. The van der Waals surface area contributed by atoms with Crippen LogP contribution in [0.3, 0.4) is 0 Å². The molecule has 0 aliphatic heterocycles. The van der Waals surface area contributed by atoms with Gasteiger partial charge >= 0.3 is 0 Å². The van der Waals surface area contributed by atoms with Gasteiger partial charge in [-0.25, -0.2) is 5.43 Å².